The molecule has 2 nitrogen and oxygen atoms in total. The van der Waals surface area contributed by atoms with Crippen LogP contribution in [0.25, 0.3) is 0 Å². The molecule has 1 saturated heterocycles. The molecule has 2 unspecified atom stereocenters. The molecule has 0 aromatic heterocycles. The van der Waals surface area contributed by atoms with Gasteiger partial charge in [0.25, 0.3) is 0 Å². The van der Waals surface area contributed by atoms with E-state index in [0.717, 1.165) is 25.4 Å². The summed E-state index contributed by atoms with van der Waals surface area (Å²) in [5.74, 6) is 2.01. The largest absolute Gasteiger partial charge is 0.493 e. The summed E-state index contributed by atoms with van der Waals surface area (Å²) in [6.45, 7) is 4.36. The van der Waals surface area contributed by atoms with Gasteiger partial charge in [-0.15, -0.1) is 0 Å². The molecule has 1 aromatic rings. The molecular weight excluding hydrogens is 210 g/mol. The first-order chi connectivity index (χ1) is 8.33. The van der Waals surface area contributed by atoms with Gasteiger partial charge >= 0.3 is 0 Å². The third-order valence-corrected chi connectivity index (χ3v) is 4.03. The van der Waals surface area contributed by atoms with Crippen molar-refractivity contribution in [2.45, 2.75) is 38.6 Å². The molecule has 3 rings (SSSR count). The highest BCUT2D eigenvalue weighted by Crippen LogP contribution is 2.31. The van der Waals surface area contributed by atoms with Crippen LogP contribution in [0.4, 0.5) is 0 Å². The van der Waals surface area contributed by atoms with E-state index in [-0.39, 0.29) is 0 Å². The number of hydrogen-bond acceptors (Lipinski definition) is 2. The summed E-state index contributed by atoms with van der Waals surface area (Å²) in [5, 5.41) is 3.65. The van der Waals surface area contributed by atoms with Gasteiger partial charge in [-0.3, -0.25) is 0 Å². The van der Waals surface area contributed by atoms with Crippen molar-refractivity contribution in [3.63, 3.8) is 0 Å². The van der Waals surface area contributed by atoms with E-state index in [9.17, 15) is 0 Å². The van der Waals surface area contributed by atoms with E-state index in [1.54, 1.807) is 0 Å². The maximum atomic E-state index is 5.76. The lowest BCUT2D eigenvalue weighted by atomic mass is 9.92. The minimum absolute atomic E-state index is 0.641. The second-order valence-corrected chi connectivity index (χ2v) is 5.50. The Morgan fingerprint density at radius 1 is 1.35 bits per heavy atom. The van der Waals surface area contributed by atoms with Gasteiger partial charge in [-0.05, 0) is 42.9 Å². The maximum Gasteiger partial charge on any atom is 0.125 e. The molecule has 0 radical (unpaired) electrons. The van der Waals surface area contributed by atoms with E-state index in [4.69, 9.17) is 4.74 Å². The fourth-order valence-electron chi connectivity index (χ4n) is 2.94. The zero-order valence-corrected chi connectivity index (χ0v) is 10.5. The van der Waals surface area contributed by atoms with Crippen LogP contribution in [0.3, 0.4) is 0 Å². The molecule has 0 saturated carbocycles. The van der Waals surface area contributed by atoms with Gasteiger partial charge in [0.05, 0.1) is 6.61 Å². The molecule has 2 aliphatic rings. The Labute approximate surface area is 103 Å². The molecule has 2 aliphatic heterocycles. The highest BCUT2D eigenvalue weighted by molar-refractivity contribution is 5.44. The van der Waals surface area contributed by atoms with E-state index >= 15 is 0 Å². The van der Waals surface area contributed by atoms with E-state index in [1.165, 1.54) is 36.3 Å². The summed E-state index contributed by atoms with van der Waals surface area (Å²) in [4.78, 5) is 0. The van der Waals surface area contributed by atoms with Crippen LogP contribution in [0.2, 0.25) is 0 Å². The molecule has 1 aromatic carbocycles. The summed E-state index contributed by atoms with van der Waals surface area (Å²) in [5.41, 5.74) is 2.79. The van der Waals surface area contributed by atoms with Crippen LogP contribution in [0, 0.1) is 5.92 Å². The van der Waals surface area contributed by atoms with E-state index in [0.29, 0.717) is 6.04 Å². The lowest BCUT2D eigenvalue weighted by Gasteiger charge is -2.28. The third kappa shape index (κ3) is 2.32. The van der Waals surface area contributed by atoms with Crippen molar-refractivity contribution in [1.82, 2.24) is 5.32 Å². The zero-order chi connectivity index (χ0) is 11.7. The first-order valence-electron chi connectivity index (χ1n) is 6.80. The predicted molar refractivity (Wildman–Crippen MR) is 69.5 cm³/mol. The SMILES string of the molecule is CC1CCC(Cc2cccc3c2OCC3)NC1. The molecule has 2 heterocycles. The molecule has 0 bridgehead atoms. The lowest BCUT2D eigenvalue weighted by Crippen LogP contribution is -2.39. The number of ether oxygens (including phenoxy) is 1. The molecule has 0 amide bonds. The lowest BCUT2D eigenvalue weighted by molar-refractivity contribution is 0.319. The Kier molecular flexibility index (Phi) is 3.06. The van der Waals surface area contributed by atoms with Crippen LogP contribution in [-0.2, 0) is 12.8 Å². The monoisotopic (exact) mass is 231 g/mol. The number of nitrogens with one attached hydrogen (secondary N) is 1. The Morgan fingerprint density at radius 3 is 3.12 bits per heavy atom. The first-order valence-corrected chi connectivity index (χ1v) is 6.80. The van der Waals surface area contributed by atoms with Crippen LogP contribution in [0.15, 0.2) is 18.2 Å². The normalized spacial score (nSPS) is 27.6. The number of para-hydroxylation sites is 1. The molecular formula is C15H21NO. The molecule has 2 heteroatoms. The van der Waals surface area contributed by atoms with E-state index < -0.39 is 0 Å². The van der Waals surface area contributed by atoms with Crippen LogP contribution < -0.4 is 10.1 Å². The number of piperidine rings is 1. The minimum atomic E-state index is 0.641. The highest BCUT2D eigenvalue weighted by Gasteiger charge is 2.21. The van der Waals surface area contributed by atoms with Gasteiger partial charge in [0.2, 0.25) is 0 Å². The van der Waals surface area contributed by atoms with Crippen LogP contribution >= 0.6 is 0 Å². The van der Waals surface area contributed by atoms with Crippen molar-refractivity contribution in [3.8, 4) is 5.75 Å². The average molecular weight is 231 g/mol. The first kappa shape index (κ1) is 11.1. The molecule has 92 valence electrons. The average Bonchev–Trinajstić information content (AvgIpc) is 2.81. The Balaban J connectivity index is 1.71. The fourth-order valence-corrected chi connectivity index (χ4v) is 2.94. The Bertz CT molecular complexity index is 394. The van der Waals surface area contributed by atoms with Crippen molar-refractivity contribution in [2.24, 2.45) is 5.92 Å². The van der Waals surface area contributed by atoms with Gasteiger partial charge < -0.3 is 10.1 Å². The topological polar surface area (TPSA) is 21.3 Å². The summed E-state index contributed by atoms with van der Waals surface area (Å²) < 4.78 is 5.76. The van der Waals surface area contributed by atoms with Gasteiger partial charge in [0, 0.05) is 12.5 Å². The molecule has 1 N–H and O–H groups in total. The van der Waals surface area contributed by atoms with Crippen molar-refractivity contribution in [2.75, 3.05) is 13.2 Å². The summed E-state index contributed by atoms with van der Waals surface area (Å²) in [7, 11) is 0. The maximum absolute atomic E-state index is 5.76. The van der Waals surface area contributed by atoms with Crippen LogP contribution in [0.5, 0.6) is 5.75 Å². The van der Waals surface area contributed by atoms with E-state index in [1.807, 2.05) is 0 Å². The smallest absolute Gasteiger partial charge is 0.125 e. The minimum Gasteiger partial charge on any atom is -0.493 e. The van der Waals surface area contributed by atoms with Crippen molar-refractivity contribution < 1.29 is 4.74 Å². The second-order valence-electron chi connectivity index (χ2n) is 5.50. The number of hydrogen-bond donors (Lipinski definition) is 1. The van der Waals surface area contributed by atoms with Gasteiger partial charge in [-0.2, -0.15) is 0 Å². The van der Waals surface area contributed by atoms with Crippen LogP contribution in [-0.4, -0.2) is 19.2 Å². The zero-order valence-electron chi connectivity index (χ0n) is 10.5. The molecule has 17 heavy (non-hydrogen) atoms. The molecule has 0 spiro atoms. The van der Waals surface area contributed by atoms with Gasteiger partial charge in [0.15, 0.2) is 0 Å². The predicted octanol–water partition coefficient (Wildman–Crippen LogP) is 2.55. The van der Waals surface area contributed by atoms with Crippen LogP contribution in [0.1, 0.15) is 30.9 Å². The summed E-state index contributed by atoms with van der Waals surface area (Å²) in [6.07, 6.45) is 4.85. The van der Waals surface area contributed by atoms with E-state index in [2.05, 4.69) is 30.4 Å². The Hall–Kier alpha value is -1.02. The van der Waals surface area contributed by atoms with Crippen molar-refractivity contribution in [1.29, 1.82) is 0 Å². The summed E-state index contributed by atoms with van der Waals surface area (Å²) in [6, 6.07) is 7.24. The third-order valence-electron chi connectivity index (χ3n) is 4.03. The molecule has 1 fully saturated rings. The summed E-state index contributed by atoms with van der Waals surface area (Å²) >= 11 is 0. The number of rotatable bonds is 2. The molecule has 2 atom stereocenters. The fraction of sp³-hybridized carbons (Fsp3) is 0.600. The van der Waals surface area contributed by atoms with Crippen molar-refractivity contribution >= 4 is 0 Å². The van der Waals surface area contributed by atoms with Gasteiger partial charge in [0.1, 0.15) is 5.75 Å². The number of fused-ring (bicyclic) bond motifs is 1. The quantitative estimate of drug-likeness (QED) is 0.844. The second kappa shape index (κ2) is 4.69. The Morgan fingerprint density at radius 2 is 2.29 bits per heavy atom. The standard InChI is InChI=1S/C15H21NO/c1-11-5-6-14(16-10-11)9-13-4-2-3-12-7-8-17-15(12)13/h2-4,11,14,16H,5-10H2,1H3. The highest BCUT2D eigenvalue weighted by atomic mass is 16.5. The van der Waals surface area contributed by atoms with Gasteiger partial charge in [-0.25, -0.2) is 0 Å². The van der Waals surface area contributed by atoms with Gasteiger partial charge in [-0.1, -0.05) is 25.1 Å². The molecule has 0 aliphatic carbocycles. The van der Waals surface area contributed by atoms with Crippen molar-refractivity contribution in [3.05, 3.63) is 29.3 Å². The number of benzene rings is 1.